The van der Waals surface area contributed by atoms with Gasteiger partial charge in [0.25, 0.3) is 0 Å². The van der Waals surface area contributed by atoms with E-state index >= 15 is 0 Å². The summed E-state index contributed by atoms with van der Waals surface area (Å²) in [5.74, 6) is 0.0989. The molecule has 8 heteroatoms. The number of hydrogen-bond donors (Lipinski definition) is 1. The molecule has 4 nitrogen and oxygen atoms in total. The van der Waals surface area contributed by atoms with Gasteiger partial charge in [-0.3, -0.25) is 9.69 Å². The highest BCUT2D eigenvalue weighted by Crippen LogP contribution is 2.19. The molecular formula is C12H21ClF3N3O. The Morgan fingerprint density at radius 1 is 1.20 bits per heavy atom. The van der Waals surface area contributed by atoms with Gasteiger partial charge in [0.1, 0.15) is 0 Å². The van der Waals surface area contributed by atoms with E-state index in [9.17, 15) is 18.0 Å². The molecule has 1 atom stereocenters. The normalized spacial score (nSPS) is 25.1. The molecule has 0 bridgehead atoms. The monoisotopic (exact) mass is 315 g/mol. The Labute approximate surface area is 123 Å². The molecule has 0 saturated carbocycles. The topological polar surface area (TPSA) is 35.6 Å². The second-order valence-corrected chi connectivity index (χ2v) is 5.26. The highest BCUT2D eigenvalue weighted by atomic mass is 35.5. The van der Waals surface area contributed by atoms with Crippen molar-refractivity contribution in [2.75, 3.05) is 45.8 Å². The van der Waals surface area contributed by atoms with Gasteiger partial charge in [-0.15, -0.1) is 12.4 Å². The summed E-state index contributed by atoms with van der Waals surface area (Å²) in [4.78, 5) is 15.3. The number of nitrogens with zero attached hydrogens (tertiary/aromatic N) is 2. The fourth-order valence-corrected chi connectivity index (χ4v) is 2.70. The number of hydrogen-bond acceptors (Lipinski definition) is 3. The minimum absolute atomic E-state index is 0. The summed E-state index contributed by atoms with van der Waals surface area (Å²) in [6.07, 6.45) is -2.28. The van der Waals surface area contributed by atoms with Crippen molar-refractivity contribution < 1.29 is 18.0 Å². The number of nitrogens with one attached hydrogen (secondary N) is 1. The lowest BCUT2D eigenvalue weighted by atomic mass is 9.98. The van der Waals surface area contributed by atoms with Gasteiger partial charge in [0, 0.05) is 32.7 Å². The van der Waals surface area contributed by atoms with Crippen LogP contribution in [0.15, 0.2) is 0 Å². The number of rotatable bonds is 2. The van der Waals surface area contributed by atoms with Crippen LogP contribution >= 0.6 is 12.4 Å². The molecule has 2 aliphatic heterocycles. The van der Waals surface area contributed by atoms with Gasteiger partial charge in [0.15, 0.2) is 0 Å². The third-order valence-electron chi connectivity index (χ3n) is 3.73. The maximum atomic E-state index is 12.3. The molecule has 2 heterocycles. The van der Waals surface area contributed by atoms with Gasteiger partial charge in [-0.05, 0) is 19.4 Å². The smallest absolute Gasteiger partial charge is 0.340 e. The van der Waals surface area contributed by atoms with Crippen molar-refractivity contribution in [3.63, 3.8) is 0 Å². The summed E-state index contributed by atoms with van der Waals surface area (Å²) in [7, 11) is 0. The molecule has 0 aliphatic carbocycles. The van der Waals surface area contributed by atoms with E-state index in [1.54, 1.807) is 4.90 Å². The molecule has 1 N–H and O–H groups in total. The van der Waals surface area contributed by atoms with Crippen LogP contribution in [-0.4, -0.2) is 67.7 Å². The summed E-state index contributed by atoms with van der Waals surface area (Å²) in [6, 6.07) is 0. The van der Waals surface area contributed by atoms with Gasteiger partial charge in [0.2, 0.25) is 5.91 Å². The number of piperazine rings is 1. The predicted molar refractivity (Wildman–Crippen MR) is 71.9 cm³/mol. The van der Waals surface area contributed by atoms with E-state index in [0.29, 0.717) is 32.7 Å². The van der Waals surface area contributed by atoms with Gasteiger partial charge in [-0.1, -0.05) is 0 Å². The fraction of sp³-hybridized carbons (Fsp3) is 0.917. The minimum Gasteiger partial charge on any atom is -0.340 e. The zero-order valence-electron chi connectivity index (χ0n) is 11.3. The molecular weight excluding hydrogens is 295 g/mol. The maximum absolute atomic E-state index is 12.3. The molecule has 0 aromatic heterocycles. The zero-order valence-corrected chi connectivity index (χ0v) is 12.1. The number of alkyl halides is 3. The van der Waals surface area contributed by atoms with Gasteiger partial charge in [0.05, 0.1) is 12.5 Å². The average Bonchev–Trinajstić information content (AvgIpc) is 2.38. The second kappa shape index (κ2) is 7.47. The lowest BCUT2D eigenvalue weighted by molar-refractivity contribution is -0.152. The van der Waals surface area contributed by atoms with Crippen LogP contribution in [0.3, 0.4) is 0 Å². The first-order valence-electron chi connectivity index (χ1n) is 6.74. The van der Waals surface area contributed by atoms with Crippen molar-refractivity contribution in [3.8, 4) is 0 Å². The van der Waals surface area contributed by atoms with Crippen molar-refractivity contribution in [1.82, 2.24) is 15.1 Å². The van der Waals surface area contributed by atoms with Crippen LogP contribution in [0.25, 0.3) is 0 Å². The van der Waals surface area contributed by atoms with Crippen molar-refractivity contribution in [3.05, 3.63) is 0 Å². The summed E-state index contributed by atoms with van der Waals surface area (Å²) in [5.41, 5.74) is 0. The first kappa shape index (κ1) is 17.5. The van der Waals surface area contributed by atoms with E-state index in [-0.39, 0.29) is 24.2 Å². The summed E-state index contributed by atoms with van der Waals surface area (Å²) < 4.78 is 36.8. The van der Waals surface area contributed by atoms with Crippen LogP contribution in [-0.2, 0) is 4.79 Å². The lowest BCUT2D eigenvalue weighted by Crippen LogP contribution is -2.53. The number of amides is 1. The second-order valence-electron chi connectivity index (χ2n) is 5.26. The van der Waals surface area contributed by atoms with Gasteiger partial charge < -0.3 is 10.2 Å². The summed E-state index contributed by atoms with van der Waals surface area (Å²) in [5, 5.41) is 3.19. The van der Waals surface area contributed by atoms with Gasteiger partial charge >= 0.3 is 6.18 Å². The maximum Gasteiger partial charge on any atom is 0.401 e. The van der Waals surface area contributed by atoms with E-state index in [2.05, 4.69) is 5.32 Å². The molecule has 0 aromatic carbocycles. The third kappa shape index (κ3) is 5.10. The Morgan fingerprint density at radius 3 is 2.35 bits per heavy atom. The van der Waals surface area contributed by atoms with Crippen LogP contribution < -0.4 is 5.32 Å². The largest absolute Gasteiger partial charge is 0.401 e. The van der Waals surface area contributed by atoms with Crippen LogP contribution in [0.2, 0.25) is 0 Å². The van der Waals surface area contributed by atoms with Gasteiger partial charge in [-0.2, -0.15) is 13.2 Å². The number of halogens is 4. The van der Waals surface area contributed by atoms with Crippen LogP contribution in [0.1, 0.15) is 12.8 Å². The standard InChI is InChI=1S/C12H20F3N3O.ClH/c13-12(14,15)9-17-4-6-18(7-5-17)11(19)10-2-1-3-16-8-10;/h10,16H,1-9H2;1H/t10-;/m1./s1. The fourth-order valence-electron chi connectivity index (χ4n) is 2.70. The Balaban J connectivity index is 0.00000200. The number of carbonyl (C=O) groups excluding carboxylic acids is 1. The van der Waals surface area contributed by atoms with Gasteiger partial charge in [-0.25, -0.2) is 0 Å². The summed E-state index contributed by atoms with van der Waals surface area (Å²) in [6.45, 7) is 2.21. The molecule has 2 fully saturated rings. The van der Waals surface area contributed by atoms with Crippen LogP contribution in [0, 0.1) is 5.92 Å². The molecule has 0 aromatic rings. The molecule has 1 amide bonds. The molecule has 0 unspecified atom stereocenters. The predicted octanol–water partition coefficient (Wildman–Crippen LogP) is 1.11. The molecule has 0 spiro atoms. The number of carbonyl (C=O) groups is 1. The van der Waals surface area contributed by atoms with Crippen LogP contribution in [0.5, 0.6) is 0 Å². The van der Waals surface area contributed by atoms with E-state index in [4.69, 9.17) is 0 Å². The highest BCUT2D eigenvalue weighted by Gasteiger charge is 2.34. The lowest BCUT2D eigenvalue weighted by Gasteiger charge is -2.37. The molecule has 118 valence electrons. The first-order chi connectivity index (χ1) is 8.96. The molecule has 20 heavy (non-hydrogen) atoms. The van der Waals surface area contributed by atoms with E-state index in [1.165, 1.54) is 4.90 Å². The molecule has 0 radical (unpaired) electrons. The van der Waals surface area contributed by atoms with Crippen molar-refractivity contribution in [2.24, 2.45) is 5.92 Å². The Morgan fingerprint density at radius 2 is 1.85 bits per heavy atom. The zero-order chi connectivity index (χ0) is 13.9. The average molecular weight is 316 g/mol. The van der Waals surface area contributed by atoms with E-state index < -0.39 is 12.7 Å². The Hall–Kier alpha value is -0.530. The quantitative estimate of drug-likeness (QED) is 0.829. The SMILES string of the molecule is Cl.O=C([C@@H]1CCCNC1)N1CCN(CC(F)(F)F)CC1. The minimum atomic E-state index is -4.15. The number of piperidine rings is 1. The Bertz CT molecular complexity index is 314. The van der Waals surface area contributed by atoms with Crippen molar-refractivity contribution >= 4 is 18.3 Å². The third-order valence-corrected chi connectivity index (χ3v) is 3.73. The summed E-state index contributed by atoms with van der Waals surface area (Å²) >= 11 is 0. The molecule has 2 saturated heterocycles. The molecule has 2 aliphatic rings. The molecule has 2 rings (SSSR count). The van der Waals surface area contributed by atoms with Crippen LogP contribution in [0.4, 0.5) is 13.2 Å². The van der Waals surface area contributed by atoms with E-state index in [1.807, 2.05) is 0 Å². The van der Waals surface area contributed by atoms with Crippen molar-refractivity contribution in [2.45, 2.75) is 19.0 Å². The van der Waals surface area contributed by atoms with Crippen molar-refractivity contribution in [1.29, 1.82) is 0 Å². The van der Waals surface area contributed by atoms with E-state index in [0.717, 1.165) is 19.4 Å². The first-order valence-corrected chi connectivity index (χ1v) is 6.74. The Kier molecular flexibility index (Phi) is 6.54. The highest BCUT2D eigenvalue weighted by molar-refractivity contribution is 5.85.